The minimum Gasteiger partial charge on any atom is -0.508 e. The summed E-state index contributed by atoms with van der Waals surface area (Å²) in [4.78, 5) is 16.5. The average Bonchev–Trinajstić information content (AvgIpc) is 3.56. The fourth-order valence-corrected chi connectivity index (χ4v) is 8.04. The Balaban J connectivity index is 1.26. The molecular formula is C34H41F2N5O3. The maximum Gasteiger partial charge on any atom is 0.318 e. The Hall–Kier alpha value is -3.50. The summed E-state index contributed by atoms with van der Waals surface area (Å²) in [6.45, 7) is 8.07. The molecule has 5 heterocycles. The summed E-state index contributed by atoms with van der Waals surface area (Å²) >= 11 is 0. The summed E-state index contributed by atoms with van der Waals surface area (Å²) in [6.07, 6.45) is 6.14. The SMILES string of the molecule is CCc1c(F)ccc2cc(O)cc(N3CCc4c(nc(OCC56CCCN5C/C(=C\F)C6)nc4N4CCC[C@@](C)(O)C4)C3)c12. The molecule has 0 saturated carbocycles. The van der Waals surface area contributed by atoms with Crippen LogP contribution in [-0.4, -0.2) is 75.6 Å². The second-order valence-corrected chi connectivity index (χ2v) is 13.4. The van der Waals surface area contributed by atoms with Gasteiger partial charge in [-0.2, -0.15) is 9.97 Å². The quantitative estimate of drug-likeness (QED) is 0.386. The molecule has 0 spiro atoms. The lowest BCUT2D eigenvalue weighted by Crippen LogP contribution is -2.47. The average molecular weight is 606 g/mol. The number of aromatic hydroxyl groups is 1. The molecule has 3 saturated heterocycles. The standard InChI is InChI=1S/C34H41F2N5O3/c1-3-25-27(36)7-6-23-14-24(42)15-29(30(23)25)39-13-8-26-28(19-39)37-32(38-31(26)40-11-4-9-33(2,43)20-40)44-21-34-10-5-12-41(34)18-22(16-34)17-35/h6-7,14-15,17,42-43H,3-5,8-13,16,18-21H2,1-2H3/b22-17-/t33-,34?/m1/s1. The number of ether oxygens (including phenoxy) is 1. The summed E-state index contributed by atoms with van der Waals surface area (Å²) in [5.74, 6) is 0.676. The third-order valence-corrected chi connectivity index (χ3v) is 10.1. The summed E-state index contributed by atoms with van der Waals surface area (Å²) in [7, 11) is 0. The van der Waals surface area contributed by atoms with Crippen LogP contribution in [0.3, 0.4) is 0 Å². The van der Waals surface area contributed by atoms with Crippen molar-refractivity contribution in [3.05, 3.63) is 58.8 Å². The van der Waals surface area contributed by atoms with Gasteiger partial charge in [0.2, 0.25) is 0 Å². The Morgan fingerprint density at radius 3 is 2.70 bits per heavy atom. The van der Waals surface area contributed by atoms with Crippen molar-refractivity contribution in [2.24, 2.45) is 0 Å². The molecule has 2 N–H and O–H groups in total. The van der Waals surface area contributed by atoms with Gasteiger partial charge in [-0.25, -0.2) is 8.78 Å². The zero-order valence-corrected chi connectivity index (χ0v) is 25.6. The number of hydrogen-bond donors (Lipinski definition) is 2. The number of halogens is 2. The Morgan fingerprint density at radius 2 is 1.91 bits per heavy atom. The van der Waals surface area contributed by atoms with Gasteiger partial charge in [0.25, 0.3) is 0 Å². The van der Waals surface area contributed by atoms with Crippen LogP contribution in [0.15, 0.2) is 36.2 Å². The normalized spacial score (nSPS) is 26.4. The smallest absolute Gasteiger partial charge is 0.318 e. The number of β-amino-alcohol motifs (C(OH)–C–C–N with tert-alkyl or cyclic N) is 1. The molecule has 2 aromatic carbocycles. The molecule has 234 valence electrons. The van der Waals surface area contributed by atoms with Gasteiger partial charge in [0.05, 0.1) is 29.7 Å². The lowest BCUT2D eigenvalue weighted by molar-refractivity contribution is 0.0445. The van der Waals surface area contributed by atoms with Crippen LogP contribution >= 0.6 is 0 Å². The van der Waals surface area contributed by atoms with Gasteiger partial charge < -0.3 is 24.7 Å². The van der Waals surface area contributed by atoms with Crippen LogP contribution in [-0.2, 0) is 19.4 Å². The first-order chi connectivity index (χ1) is 21.2. The first-order valence-electron chi connectivity index (χ1n) is 15.9. The van der Waals surface area contributed by atoms with Crippen molar-refractivity contribution in [1.82, 2.24) is 14.9 Å². The molecule has 8 nitrogen and oxygen atoms in total. The molecule has 7 rings (SSSR count). The van der Waals surface area contributed by atoms with Crippen LogP contribution in [0.4, 0.5) is 20.3 Å². The fourth-order valence-electron chi connectivity index (χ4n) is 8.04. The molecule has 0 aliphatic carbocycles. The highest BCUT2D eigenvalue weighted by Crippen LogP contribution is 2.43. The molecule has 10 heteroatoms. The monoisotopic (exact) mass is 605 g/mol. The molecule has 0 bridgehead atoms. The molecule has 44 heavy (non-hydrogen) atoms. The number of hydrogen-bond acceptors (Lipinski definition) is 8. The lowest BCUT2D eigenvalue weighted by atomic mass is 9.94. The molecule has 1 aromatic heterocycles. The highest BCUT2D eigenvalue weighted by atomic mass is 19.1. The number of aliphatic hydroxyl groups is 1. The van der Waals surface area contributed by atoms with E-state index in [0.29, 0.717) is 57.6 Å². The molecule has 3 fully saturated rings. The van der Waals surface area contributed by atoms with Gasteiger partial charge in [-0.05, 0) is 87.1 Å². The van der Waals surface area contributed by atoms with Crippen LogP contribution in [0, 0.1) is 5.82 Å². The molecule has 3 aromatic rings. The maximum atomic E-state index is 15.0. The predicted molar refractivity (Wildman–Crippen MR) is 167 cm³/mol. The van der Waals surface area contributed by atoms with Gasteiger partial charge in [-0.3, -0.25) is 4.90 Å². The minimum atomic E-state index is -0.818. The summed E-state index contributed by atoms with van der Waals surface area (Å²) in [6, 6.07) is 6.87. The predicted octanol–water partition coefficient (Wildman–Crippen LogP) is 5.42. The second-order valence-electron chi connectivity index (χ2n) is 13.4. The molecular weight excluding hydrogens is 564 g/mol. The third kappa shape index (κ3) is 5.15. The van der Waals surface area contributed by atoms with Crippen molar-refractivity contribution in [3.63, 3.8) is 0 Å². The topological polar surface area (TPSA) is 85.2 Å². The van der Waals surface area contributed by atoms with Crippen molar-refractivity contribution < 1.29 is 23.7 Å². The highest BCUT2D eigenvalue weighted by Gasteiger charge is 2.47. The van der Waals surface area contributed by atoms with E-state index in [9.17, 15) is 19.0 Å². The Bertz CT molecular complexity index is 1630. The van der Waals surface area contributed by atoms with E-state index in [1.807, 2.05) is 13.8 Å². The number of anilines is 2. The molecule has 4 aliphatic rings. The summed E-state index contributed by atoms with van der Waals surface area (Å²) < 4.78 is 34.9. The number of nitrogens with zero attached hydrogens (tertiary/aromatic N) is 5. The maximum absolute atomic E-state index is 15.0. The number of benzene rings is 2. The molecule has 0 radical (unpaired) electrons. The first kappa shape index (κ1) is 29.2. The number of aryl methyl sites for hydroxylation is 1. The molecule has 1 unspecified atom stereocenters. The van der Waals surface area contributed by atoms with Crippen LogP contribution < -0.4 is 14.5 Å². The van der Waals surface area contributed by atoms with Crippen LogP contribution in [0.5, 0.6) is 11.8 Å². The summed E-state index contributed by atoms with van der Waals surface area (Å²) in [5.41, 5.74) is 2.99. The van der Waals surface area contributed by atoms with Gasteiger partial charge >= 0.3 is 6.01 Å². The molecule has 0 amide bonds. The Kier molecular flexibility index (Phi) is 7.40. The minimum absolute atomic E-state index is 0.133. The Morgan fingerprint density at radius 1 is 1.07 bits per heavy atom. The number of piperidine rings is 1. The van der Waals surface area contributed by atoms with E-state index < -0.39 is 5.60 Å². The van der Waals surface area contributed by atoms with Gasteiger partial charge in [-0.15, -0.1) is 0 Å². The molecule has 4 aliphatic heterocycles. The van der Waals surface area contributed by atoms with E-state index in [0.717, 1.165) is 84.2 Å². The zero-order valence-electron chi connectivity index (χ0n) is 25.6. The van der Waals surface area contributed by atoms with Gasteiger partial charge in [0.15, 0.2) is 0 Å². The number of fused-ring (bicyclic) bond motifs is 3. The van der Waals surface area contributed by atoms with Gasteiger partial charge in [0, 0.05) is 48.9 Å². The van der Waals surface area contributed by atoms with E-state index in [-0.39, 0.29) is 23.1 Å². The van der Waals surface area contributed by atoms with Crippen molar-refractivity contribution >= 4 is 22.3 Å². The molecule has 2 atom stereocenters. The van der Waals surface area contributed by atoms with Crippen LogP contribution in [0.25, 0.3) is 10.8 Å². The van der Waals surface area contributed by atoms with E-state index in [4.69, 9.17) is 14.7 Å². The highest BCUT2D eigenvalue weighted by molar-refractivity contribution is 5.98. The van der Waals surface area contributed by atoms with Gasteiger partial charge in [0.1, 0.15) is 24.0 Å². The van der Waals surface area contributed by atoms with Crippen molar-refractivity contribution in [2.75, 3.05) is 49.1 Å². The first-order valence-corrected chi connectivity index (χ1v) is 15.9. The van der Waals surface area contributed by atoms with Crippen molar-refractivity contribution in [3.8, 4) is 11.8 Å². The fraction of sp³-hybridized carbons (Fsp3) is 0.529. The van der Waals surface area contributed by atoms with E-state index >= 15 is 0 Å². The van der Waals surface area contributed by atoms with E-state index in [2.05, 4.69) is 14.7 Å². The largest absolute Gasteiger partial charge is 0.508 e. The summed E-state index contributed by atoms with van der Waals surface area (Å²) in [5, 5.41) is 23.2. The van der Waals surface area contributed by atoms with Crippen molar-refractivity contribution in [1.29, 1.82) is 0 Å². The number of phenolic OH excluding ortho intramolecular Hbond substituents is 1. The van der Waals surface area contributed by atoms with Crippen LogP contribution in [0.2, 0.25) is 0 Å². The lowest BCUT2D eigenvalue weighted by Gasteiger charge is -2.40. The second kappa shape index (κ2) is 11.1. The zero-order chi connectivity index (χ0) is 30.6. The number of phenols is 1. The number of aromatic nitrogens is 2. The number of rotatable bonds is 6. The van der Waals surface area contributed by atoms with Crippen molar-refractivity contribution in [2.45, 2.75) is 76.5 Å². The Labute approximate surface area is 257 Å². The van der Waals surface area contributed by atoms with E-state index in [1.165, 1.54) is 6.07 Å². The third-order valence-electron chi connectivity index (χ3n) is 10.1. The van der Waals surface area contributed by atoms with Crippen LogP contribution in [0.1, 0.15) is 62.8 Å². The van der Waals surface area contributed by atoms with Gasteiger partial charge in [-0.1, -0.05) is 13.0 Å². The van der Waals surface area contributed by atoms with E-state index in [1.54, 1.807) is 18.2 Å².